The Hall–Kier alpha value is -1.26. The first-order chi connectivity index (χ1) is 6.25. The molecule has 1 nitrogen and oxygen atoms in total. The van der Waals surface area contributed by atoms with Crippen LogP contribution in [0.4, 0.5) is 0 Å². The van der Waals surface area contributed by atoms with Gasteiger partial charge in [0.05, 0.1) is 6.10 Å². The third-order valence-electron chi connectivity index (χ3n) is 2.23. The minimum absolute atomic E-state index is 0.109. The molecule has 0 aliphatic rings. The van der Waals surface area contributed by atoms with Crippen LogP contribution < -0.4 is 0 Å². The molecular formula is C12H14O. The van der Waals surface area contributed by atoms with Gasteiger partial charge in [-0.3, -0.25) is 0 Å². The summed E-state index contributed by atoms with van der Waals surface area (Å²) in [7, 11) is 0. The predicted octanol–water partition coefficient (Wildman–Crippen LogP) is 2.17. The Morgan fingerprint density at radius 3 is 2.54 bits per heavy atom. The second-order valence-electron chi connectivity index (χ2n) is 3.17. The average molecular weight is 174 g/mol. The van der Waals surface area contributed by atoms with E-state index in [0.717, 1.165) is 5.56 Å². The van der Waals surface area contributed by atoms with E-state index in [0.29, 0.717) is 6.42 Å². The Morgan fingerprint density at radius 1 is 1.38 bits per heavy atom. The standard InChI is InChI=1S/C12H14O/c1-3-7-12(13)10(2)11-8-5-4-6-9-11/h1,4-6,8-10,12-13H,7H2,2H3. The van der Waals surface area contributed by atoms with Crippen molar-refractivity contribution in [2.75, 3.05) is 0 Å². The monoisotopic (exact) mass is 174 g/mol. The van der Waals surface area contributed by atoms with E-state index in [1.165, 1.54) is 0 Å². The van der Waals surface area contributed by atoms with Gasteiger partial charge in [-0.25, -0.2) is 0 Å². The molecule has 1 aromatic rings. The van der Waals surface area contributed by atoms with Crippen LogP contribution >= 0.6 is 0 Å². The molecule has 13 heavy (non-hydrogen) atoms. The summed E-state index contributed by atoms with van der Waals surface area (Å²) in [5.74, 6) is 2.58. The summed E-state index contributed by atoms with van der Waals surface area (Å²) in [5, 5.41) is 9.63. The smallest absolute Gasteiger partial charge is 0.0715 e. The lowest BCUT2D eigenvalue weighted by Crippen LogP contribution is -2.14. The number of benzene rings is 1. The average Bonchev–Trinajstić information content (AvgIpc) is 2.18. The third kappa shape index (κ3) is 2.61. The van der Waals surface area contributed by atoms with Gasteiger partial charge in [0.2, 0.25) is 0 Å². The van der Waals surface area contributed by atoms with Gasteiger partial charge in [-0.2, -0.15) is 0 Å². The third-order valence-corrected chi connectivity index (χ3v) is 2.23. The Balaban J connectivity index is 2.69. The van der Waals surface area contributed by atoms with Crippen LogP contribution in [0.3, 0.4) is 0 Å². The lowest BCUT2D eigenvalue weighted by molar-refractivity contribution is 0.154. The van der Waals surface area contributed by atoms with Crippen molar-refractivity contribution in [2.24, 2.45) is 0 Å². The van der Waals surface area contributed by atoms with Crippen LogP contribution in [-0.2, 0) is 0 Å². The van der Waals surface area contributed by atoms with E-state index in [2.05, 4.69) is 5.92 Å². The van der Waals surface area contributed by atoms with Crippen molar-refractivity contribution >= 4 is 0 Å². The van der Waals surface area contributed by atoms with E-state index in [9.17, 15) is 5.11 Å². The van der Waals surface area contributed by atoms with Crippen molar-refractivity contribution in [3.05, 3.63) is 35.9 Å². The molecule has 68 valence electrons. The van der Waals surface area contributed by atoms with Gasteiger partial charge in [-0.1, -0.05) is 37.3 Å². The van der Waals surface area contributed by atoms with Crippen LogP contribution in [-0.4, -0.2) is 11.2 Å². The molecule has 2 atom stereocenters. The molecule has 1 N–H and O–H groups in total. The molecule has 0 bridgehead atoms. The van der Waals surface area contributed by atoms with E-state index in [4.69, 9.17) is 6.42 Å². The fourth-order valence-electron chi connectivity index (χ4n) is 1.28. The van der Waals surface area contributed by atoms with E-state index >= 15 is 0 Å². The van der Waals surface area contributed by atoms with E-state index in [-0.39, 0.29) is 5.92 Å². The maximum atomic E-state index is 9.63. The van der Waals surface area contributed by atoms with Crippen molar-refractivity contribution in [1.82, 2.24) is 0 Å². The topological polar surface area (TPSA) is 20.2 Å². The minimum atomic E-state index is -0.438. The zero-order valence-corrected chi connectivity index (χ0v) is 7.77. The molecule has 0 aliphatic carbocycles. The second-order valence-corrected chi connectivity index (χ2v) is 3.17. The van der Waals surface area contributed by atoms with Gasteiger partial charge < -0.3 is 5.11 Å². The molecular weight excluding hydrogens is 160 g/mol. The lowest BCUT2D eigenvalue weighted by Gasteiger charge is -2.16. The van der Waals surface area contributed by atoms with Crippen LogP contribution in [0.1, 0.15) is 24.8 Å². The van der Waals surface area contributed by atoms with E-state index < -0.39 is 6.10 Å². The lowest BCUT2D eigenvalue weighted by atomic mass is 9.94. The zero-order chi connectivity index (χ0) is 9.68. The van der Waals surface area contributed by atoms with E-state index in [1.807, 2.05) is 37.3 Å². The molecule has 0 aromatic heterocycles. The molecule has 0 spiro atoms. The molecule has 0 amide bonds. The molecule has 1 rings (SSSR count). The fourth-order valence-corrected chi connectivity index (χ4v) is 1.28. The van der Waals surface area contributed by atoms with Gasteiger partial charge in [-0.15, -0.1) is 12.3 Å². The largest absolute Gasteiger partial charge is 0.392 e. The van der Waals surface area contributed by atoms with Crippen molar-refractivity contribution < 1.29 is 5.11 Å². The molecule has 0 radical (unpaired) electrons. The molecule has 0 heterocycles. The highest BCUT2D eigenvalue weighted by Crippen LogP contribution is 2.20. The number of rotatable bonds is 3. The first kappa shape index (κ1) is 9.83. The maximum absolute atomic E-state index is 9.63. The Kier molecular flexibility index (Phi) is 3.54. The molecule has 0 saturated carbocycles. The van der Waals surface area contributed by atoms with Gasteiger partial charge in [0.25, 0.3) is 0 Å². The van der Waals surface area contributed by atoms with Crippen LogP contribution in [0.15, 0.2) is 30.3 Å². The Labute approximate surface area is 79.4 Å². The predicted molar refractivity (Wildman–Crippen MR) is 54.3 cm³/mol. The zero-order valence-electron chi connectivity index (χ0n) is 7.77. The summed E-state index contributed by atoms with van der Waals surface area (Å²) in [5.41, 5.74) is 1.13. The summed E-state index contributed by atoms with van der Waals surface area (Å²) in [6, 6.07) is 9.90. The summed E-state index contributed by atoms with van der Waals surface area (Å²) in [6.07, 6.45) is 5.11. The molecule has 0 fully saturated rings. The normalized spacial score (nSPS) is 14.5. The maximum Gasteiger partial charge on any atom is 0.0715 e. The van der Waals surface area contributed by atoms with Crippen molar-refractivity contribution in [1.29, 1.82) is 0 Å². The van der Waals surface area contributed by atoms with Crippen molar-refractivity contribution in [3.8, 4) is 12.3 Å². The number of aliphatic hydroxyl groups excluding tert-OH is 1. The second kappa shape index (κ2) is 4.69. The molecule has 1 aromatic carbocycles. The van der Waals surface area contributed by atoms with Gasteiger partial charge in [0, 0.05) is 12.3 Å². The molecule has 0 saturated heterocycles. The van der Waals surface area contributed by atoms with Crippen LogP contribution in [0.25, 0.3) is 0 Å². The van der Waals surface area contributed by atoms with Crippen LogP contribution in [0, 0.1) is 12.3 Å². The van der Waals surface area contributed by atoms with Crippen molar-refractivity contribution in [2.45, 2.75) is 25.4 Å². The first-order valence-corrected chi connectivity index (χ1v) is 4.42. The summed E-state index contributed by atoms with van der Waals surface area (Å²) in [6.45, 7) is 1.98. The Bertz CT molecular complexity index is 284. The van der Waals surface area contributed by atoms with Crippen LogP contribution in [0.5, 0.6) is 0 Å². The number of aliphatic hydroxyl groups is 1. The summed E-state index contributed by atoms with van der Waals surface area (Å²) < 4.78 is 0. The van der Waals surface area contributed by atoms with Gasteiger partial charge in [0.1, 0.15) is 0 Å². The highest BCUT2D eigenvalue weighted by molar-refractivity contribution is 5.20. The minimum Gasteiger partial charge on any atom is -0.392 e. The van der Waals surface area contributed by atoms with Gasteiger partial charge in [0.15, 0.2) is 0 Å². The first-order valence-electron chi connectivity index (χ1n) is 4.42. The molecule has 2 unspecified atom stereocenters. The quantitative estimate of drug-likeness (QED) is 0.696. The fraction of sp³-hybridized carbons (Fsp3) is 0.333. The highest BCUT2D eigenvalue weighted by atomic mass is 16.3. The number of hydrogen-bond acceptors (Lipinski definition) is 1. The van der Waals surface area contributed by atoms with Crippen molar-refractivity contribution in [3.63, 3.8) is 0 Å². The summed E-state index contributed by atoms with van der Waals surface area (Å²) in [4.78, 5) is 0. The molecule has 0 aliphatic heterocycles. The Morgan fingerprint density at radius 2 is 2.00 bits per heavy atom. The molecule has 1 heteroatoms. The SMILES string of the molecule is C#CCC(O)C(C)c1ccccc1. The van der Waals surface area contributed by atoms with E-state index in [1.54, 1.807) is 0 Å². The highest BCUT2D eigenvalue weighted by Gasteiger charge is 2.14. The van der Waals surface area contributed by atoms with Gasteiger partial charge in [-0.05, 0) is 5.56 Å². The summed E-state index contributed by atoms with van der Waals surface area (Å²) >= 11 is 0. The number of hydrogen-bond donors (Lipinski definition) is 1. The number of terminal acetylenes is 1. The van der Waals surface area contributed by atoms with Crippen LogP contribution in [0.2, 0.25) is 0 Å². The van der Waals surface area contributed by atoms with Gasteiger partial charge >= 0.3 is 0 Å².